The quantitative estimate of drug-likeness (QED) is 0.688. The Kier molecular flexibility index (Phi) is 6.67. The molecular formula is C20H30O3. The third-order valence-corrected chi connectivity index (χ3v) is 5.42. The Balaban J connectivity index is 2.04. The van der Waals surface area contributed by atoms with Crippen molar-refractivity contribution in [1.29, 1.82) is 0 Å². The standard InChI is InChI=1S/C20H30O3/c1-4-12-20(13-5-14-21)16(2)6-11-19(20)23-15-17-7-9-18(22-3)10-8-17/h4,7-10,16,19,21H,1,5-6,11-15H2,2-3H3/t16-,19?,20+/m0/s1. The number of benzene rings is 1. The Morgan fingerprint density at radius 3 is 2.65 bits per heavy atom. The van der Waals surface area contributed by atoms with Gasteiger partial charge in [-0.2, -0.15) is 0 Å². The summed E-state index contributed by atoms with van der Waals surface area (Å²) in [6.07, 6.45) is 7.34. The lowest BCUT2D eigenvalue weighted by atomic mass is 9.71. The molecule has 1 unspecified atom stereocenters. The molecule has 0 spiro atoms. The minimum Gasteiger partial charge on any atom is -0.497 e. The Hall–Kier alpha value is -1.32. The second-order valence-electron chi connectivity index (χ2n) is 6.68. The molecule has 0 aromatic heterocycles. The van der Waals surface area contributed by atoms with Crippen molar-refractivity contribution in [1.82, 2.24) is 0 Å². The van der Waals surface area contributed by atoms with Gasteiger partial charge in [-0.25, -0.2) is 0 Å². The van der Waals surface area contributed by atoms with Gasteiger partial charge in [0, 0.05) is 12.0 Å². The van der Waals surface area contributed by atoms with Crippen molar-refractivity contribution in [2.45, 2.75) is 51.7 Å². The molecule has 23 heavy (non-hydrogen) atoms. The SMILES string of the molecule is C=CC[C@]1(CCCO)C(OCc2ccc(OC)cc2)CC[C@@H]1C. The zero-order chi connectivity index (χ0) is 16.7. The largest absolute Gasteiger partial charge is 0.497 e. The fraction of sp³-hybridized carbons (Fsp3) is 0.600. The zero-order valence-corrected chi connectivity index (χ0v) is 14.5. The monoisotopic (exact) mass is 318 g/mol. The van der Waals surface area contributed by atoms with Crippen molar-refractivity contribution in [3.05, 3.63) is 42.5 Å². The lowest BCUT2D eigenvalue weighted by Crippen LogP contribution is -2.36. The number of ether oxygens (including phenoxy) is 2. The van der Waals surface area contributed by atoms with Crippen LogP contribution >= 0.6 is 0 Å². The van der Waals surface area contributed by atoms with Gasteiger partial charge in [0.05, 0.1) is 19.8 Å². The fourth-order valence-electron chi connectivity index (χ4n) is 3.98. The van der Waals surface area contributed by atoms with Gasteiger partial charge in [0.1, 0.15) is 5.75 Å². The Bertz CT molecular complexity index is 482. The van der Waals surface area contributed by atoms with Gasteiger partial charge in [0.2, 0.25) is 0 Å². The molecular weight excluding hydrogens is 288 g/mol. The van der Waals surface area contributed by atoms with Crippen molar-refractivity contribution in [2.24, 2.45) is 11.3 Å². The van der Waals surface area contributed by atoms with E-state index in [0.29, 0.717) is 12.5 Å². The van der Waals surface area contributed by atoms with Gasteiger partial charge in [0.15, 0.2) is 0 Å². The van der Waals surface area contributed by atoms with Gasteiger partial charge in [-0.1, -0.05) is 25.1 Å². The number of methoxy groups -OCH3 is 1. The van der Waals surface area contributed by atoms with E-state index in [1.807, 2.05) is 18.2 Å². The molecule has 3 heteroatoms. The van der Waals surface area contributed by atoms with E-state index in [0.717, 1.165) is 31.4 Å². The number of hydrogen-bond donors (Lipinski definition) is 1. The van der Waals surface area contributed by atoms with Crippen molar-refractivity contribution >= 4 is 0 Å². The highest BCUT2D eigenvalue weighted by Gasteiger charge is 2.47. The van der Waals surface area contributed by atoms with Crippen molar-refractivity contribution in [3.8, 4) is 5.75 Å². The summed E-state index contributed by atoms with van der Waals surface area (Å²) in [5.41, 5.74) is 1.29. The first kappa shape index (κ1) is 18.0. The minimum atomic E-state index is 0.122. The highest BCUT2D eigenvalue weighted by molar-refractivity contribution is 5.26. The molecule has 1 N–H and O–H groups in total. The van der Waals surface area contributed by atoms with Crippen LogP contribution in [0.1, 0.15) is 44.6 Å². The average molecular weight is 318 g/mol. The molecule has 0 heterocycles. The molecule has 2 rings (SSSR count). The molecule has 1 aliphatic rings. The van der Waals surface area contributed by atoms with Crippen molar-refractivity contribution in [2.75, 3.05) is 13.7 Å². The highest BCUT2D eigenvalue weighted by atomic mass is 16.5. The summed E-state index contributed by atoms with van der Waals surface area (Å²) in [5, 5.41) is 9.26. The first-order valence-corrected chi connectivity index (χ1v) is 8.62. The first-order chi connectivity index (χ1) is 11.2. The van der Waals surface area contributed by atoms with Gasteiger partial charge < -0.3 is 14.6 Å². The van der Waals surface area contributed by atoms with Gasteiger partial charge in [-0.05, 0) is 55.7 Å². The van der Waals surface area contributed by atoms with Crippen molar-refractivity contribution < 1.29 is 14.6 Å². The minimum absolute atomic E-state index is 0.122. The van der Waals surface area contributed by atoms with E-state index in [1.54, 1.807) is 7.11 Å². The molecule has 1 fully saturated rings. The van der Waals surface area contributed by atoms with Crippen LogP contribution in [0.4, 0.5) is 0 Å². The second-order valence-corrected chi connectivity index (χ2v) is 6.68. The fourth-order valence-corrected chi connectivity index (χ4v) is 3.98. The van der Waals surface area contributed by atoms with Crippen molar-refractivity contribution in [3.63, 3.8) is 0 Å². The molecule has 0 amide bonds. The van der Waals surface area contributed by atoms with Crippen LogP contribution in [0.3, 0.4) is 0 Å². The average Bonchev–Trinajstić information content (AvgIpc) is 2.88. The van der Waals surface area contributed by atoms with E-state index in [-0.39, 0.29) is 18.1 Å². The number of rotatable bonds is 9. The highest BCUT2D eigenvalue weighted by Crippen LogP contribution is 2.51. The molecule has 3 nitrogen and oxygen atoms in total. The van der Waals surface area contributed by atoms with Crippen LogP contribution in [0.15, 0.2) is 36.9 Å². The van der Waals surface area contributed by atoms with Gasteiger partial charge >= 0.3 is 0 Å². The summed E-state index contributed by atoms with van der Waals surface area (Å²) in [6.45, 7) is 7.14. The molecule has 0 bridgehead atoms. The van der Waals surface area contributed by atoms with E-state index in [4.69, 9.17) is 9.47 Å². The topological polar surface area (TPSA) is 38.7 Å². The summed E-state index contributed by atoms with van der Waals surface area (Å²) in [5.74, 6) is 1.47. The molecule has 1 aromatic rings. The summed E-state index contributed by atoms with van der Waals surface area (Å²) >= 11 is 0. The smallest absolute Gasteiger partial charge is 0.118 e. The molecule has 0 saturated heterocycles. The zero-order valence-electron chi connectivity index (χ0n) is 14.5. The Morgan fingerprint density at radius 1 is 1.30 bits per heavy atom. The van der Waals surface area contributed by atoms with E-state index >= 15 is 0 Å². The van der Waals surface area contributed by atoms with E-state index < -0.39 is 0 Å². The summed E-state index contributed by atoms with van der Waals surface area (Å²) in [7, 11) is 1.68. The van der Waals surface area contributed by atoms with Crippen LogP contribution in [0.25, 0.3) is 0 Å². The molecule has 0 aliphatic heterocycles. The van der Waals surface area contributed by atoms with Crippen LogP contribution in [-0.2, 0) is 11.3 Å². The maximum Gasteiger partial charge on any atom is 0.118 e. The van der Waals surface area contributed by atoms with Crippen LogP contribution in [-0.4, -0.2) is 24.9 Å². The number of hydrogen-bond acceptors (Lipinski definition) is 3. The maximum atomic E-state index is 9.26. The lowest BCUT2D eigenvalue weighted by molar-refractivity contribution is -0.0501. The van der Waals surface area contributed by atoms with Crippen LogP contribution in [0.2, 0.25) is 0 Å². The normalized spacial score (nSPS) is 27.1. The number of allylic oxidation sites excluding steroid dienone is 1. The predicted octanol–water partition coefficient (Wildman–Crippen LogP) is 4.35. The number of aliphatic hydroxyl groups excluding tert-OH is 1. The van der Waals surface area contributed by atoms with Gasteiger partial charge in [-0.15, -0.1) is 6.58 Å². The Labute approximate surface area is 140 Å². The summed E-state index contributed by atoms with van der Waals surface area (Å²) < 4.78 is 11.5. The lowest BCUT2D eigenvalue weighted by Gasteiger charge is -2.38. The van der Waals surface area contributed by atoms with Crippen LogP contribution in [0.5, 0.6) is 5.75 Å². The molecule has 0 radical (unpaired) electrons. The summed E-state index contributed by atoms with van der Waals surface area (Å²) in [4.78, 5) is 0. The molecule has 3 atom stereocenters. The molecule has 128 valence electrons. The van der Waals surface area contributed by atoms with E-state index in [2.05, 4.69) is 25.6 Å². The molecule has 1 saturated carbocycles. The van der Waals surface area contributed by atoms with Crippen LogP contribution < -0.4 is 4.74 Å². The van der Waals surface area contributed by atoms with Gasteiger partial charge in [0.25, 0.3) is 0 Å². The third kappa shape index (κ3) is 4.15. The second kappa shape index (κ2) is 8.51. The first-order valence-electron chi connectivity index (χ1n) is 8.62. The van der Waals surface area contributed by atoms with E-state index in [1.165, 1.54) is 12.0 Å². The Morgan fingerprint density at radius 2 is 2.04 bits per heavy atom. The van der Waals surface area contributed by atoms with Gasteiger partial charge in [-0.3, -0.25) is 0 Å². The summed E-state index contributed by atoms with van der Waals surface area (Å²) in [6, 6.07) is 8.05. The predicted molar refractivity (Wildman–Crippen MR) is 93.5 cm³/mol. The molecule has 1 aromatic carbocycles. The third-order valence-electron chi connectivity index (χ3n) is 5.42. The molecule has 1 aliphatic carbocycles. The maximum absolute atomic E-state index is 9.26. The van der Waals surface area contributed by atoms with Crippen LogP contribution in [0, 0.1) is 11.3 Å². The van der Waals surface area contributed by atoms with E-state index in [9.17, 15) is 5.11 Å². The number of aliphatic hydroxyl groups is 1.